The normalized spacial score (nSPS) is 14.4. The molecule has 5 nitrogen and oxygen atoms in total. The molecule has 0 spiro atoms. The Kier molecular flexibility index (Phi) is 2.51. The van der Waals surface area contributed by atoms with Gasteiger partial charge in [-0.3, -0.25) is 4.79 Å². The van der Waals surface area contributed by atoms with Crippen molar-refractivity contribution in [1.29, 1.82) is 0 Å². The first kappa shape index (κ1) is 10.8. The molecule has 1 aliphatic rings. The highest BCUT2D eigenvalue weighted by Gasteiger charge is 2.26. The molecule has 1 fully saturated rings. The van der Waals surface area contributed by atoms with E-state index >= 15 is 0 Å². The lowest BCUT2D eigenvalue weighted by molar-refractivity contribution is 0.450. The summed E-state index contributed by atoms with van der Waals surface area (Å²) >= 11 is 0. The molecule has 1 aromatic carbocycles. The van der Waals surface area contributed by atoms with Crippen molar-refractivity contribution < 1.29 is 9.84 Å². The quantitative estimate of drug-likeness (QED) is 0.867. The third kappa shape index (κ3) is 2.34. The van der Waals surface area contributed by atoms with Crippen LogP contribution in [0.1, 0.15) is 24.6 Å². The van der Waals surface area contributed by atoms with Gasteiger partial charge in [0.25, 0.3) is 5.56 Å². The topological polar surface area (TPSA) is 75.2 Å². The van der Waals surface area contributed by atoms with Gasteiger partial charge < -0.3 is 14.8 Å². The maximum Gasteiger partial charge on any atom is 0.254 e. The fourth-order valence-corrected chi connectivity index (χ4v) is 1.69. The molecule has 92 valence electrons. The van der Waals surface area contributed by atoms with Gasteiger partial charge in [-0.25, -0.2) is 0 Å². The fourth-order valence-electron chi connectivity index (χ4n) is 1.69. The number of hydrogen-bond donors (Lipinski definition) is 2. The van der Waals surface area contributed by atoms with E-state index in [4.69, 9.17) is 9.84 Å². The van der Waals surface area contributed by atoms with Gasteiger partial charge in [-0.2, -0.15) is 4.98 Å². The molecule has 0 radical (unpaired) electrons. The van der Waals surface area contributed by atoms with E-state index in [1.165, 1.54) is 18.2 Å². The zero-order valence-electron chi connectivity index (χ0n) is 9.59. The smallest absolute Gasteiger partial charge is 0.254 e. The van der Waals surface area contributed by atoms with Crippen LogP contribution in [0.4, 0.5) is 0 Å². The molecule has 2 N–H and O–H groups in total. The van der Waals surface area contributed by atoms with Gasteiger partial charge in [0.2, 0.25) is 5.88 Å². The zero-order valence-corrected chi connectivity index (χ0v) is 9.59. The Morgan fingerprint density at radius 1 is 1.28 bits per heavy atom. The highest BCUT2D eigenvalue weighted by molar-refractivity contribution is 5.32. The van der Waals surface area contributed by atoms with Crippen molar-refractivity contribution in [3.63, 3.8) is 0 Å². The second-order valence-corrected chi connectivity index (χ2v) is 4.34. The molecule has 1 aliphatic carbocycles. The molecule has 0 aliphatic heterocycles. The average Bonchev–Trinajstić information content (AvgIpc) is 3.15. The van der Waals surface area contributed by atoms with Crippen LogP contribution in [-0.2, 0) is 0 Å². The lowest BCUT2D eigenvalue weighted by Crippen LogP contribution is -2.10. The molecule has 0 unspecified atom stereocenters. The lowest BCUT2D eigenvalue weighted by Gasteiger charge is -2.05. The van der Waals surface area contributed by atoms with E-state index in [-0.39, 0.29) is 17.2 Å². The zero-order chi connectivity index (χ0) is 12.5. The third-order valence-corrected chi connectivity index (χ3v) is 2.76. The highest BCUT2D eigenvalue weighted by Crippen LogP contribution is 2.38. The first-order valence-corrected chi connectivity index (χ1v) is 5.79. The van der Waals surface area contributed by atoms with E-state index in [0.29, 0.717) is 17.5 Å². The Morgan fingerprint density at radius 2 is 2.00 bits per heavy atom. The standard InChI is InChI=1S/C13H12N2O3/c16-9-3-5-10(6-4-9)18-12-7-11(17)14-13(15-12)8-1-2-8/h3-8,16H,1-2H2,(H,14,15,17). The van der Waals surface area contributed by atoms with E-state index in [0.717, 1.165) is 12.8 Å². The van der Waals surface area contributed by atoms with Crippen LogP contribution in [0.2, 0.25) is 0 Å². The number of H-pyrrole nitrogens is 1. The number of aromatic nitrogens is 2. The number of phenolic OH excluding ortho intramolecular Hbond substituents is 1. The number of hydrogen-bond acceptors (Lipinski definition) is 4. The summed E-state index contributed by atoms with van der Waals surface area (Å²) in [6, 6.07) is 7.59. The van der Waals surface area contributed by atoms with E-state index in [9.17, 15) is 4.79 Å². The van der Waals surface area contributed by atoms with Gasteiger partial charge in [0.05, 0.1) is 6.07 Å². The first-order valence-electron chi connectivity index (χ1n) is 5.79. The predicted octanol–water partition coefficient (Wildman–Crippen LogP) is 2.15. The third-order valence-electron chi connectivity index (χ3n) is 2.76. The molecule has 0 bridgehead atoms. The number of aromatic hydroxyl groups is 1. The van der Waals surface area contributed by atoms with Crippen LogP contribution in [0.25, 0.3) is 0 Å². The molecule has 1 aromatic heterocycles. The minimum absolute atomic E-state index is 0.167. The minimum atomic E-state index is -0.208. The van der Waals surface area contributed by atoms with Gasteiger partial charge in [0.1, 0.15) is 17.3 Å². The summed E-state index contributed by atoms with van der Waals surface area (Å²) in [6.45, 7) is 0. The SMILES string of the molecule is O=c1cc(Oc2ccc(O)cc2)nc(C2CC2)[nH]1. The molecule has 0 atom stereocenters. The molecule has 0 amide bonds. The summed E-state index contributed by atoms with van der Waals surface area (Å²) in [6.07, 6.45) is 2.12. The number of phenols is 1. The molecule has 1 saturated carbocycles. The van der Waals surface area contributed by atoms with Gasteiger partial charge in [0.15, 0.2) is 0 Å². The minimum Gasteiger partial charge on any atom is -0.508 e. The van der Waals surface area contributed by atoms with Gasteiger partial charge in [-0.05, 0) is 37.1 Å². The van der Waals surface area contributed by atoms with Crippen molar-refractivity contribution >= 4 is 0 Å². The fraction of sp³-hybridized carbons (Fsp3) is 0.231. The van der Waals surface area contributed by atoms with Crippen LogP contribution in [0.5, 0.6) is 17.4 Å². The second-order valence-electron chi connectivity index (χ2n) is 4.34. The summed E-state index contributed by atoms with van der Waals surface area (Å²) in [5.74, 6) is 2.04. The largest absolute Gasteiger partial charge is 0.508 e. The Morgan fingerprint density at radius 3 is 2.67 bits per heavy atom. The van der Waals surface area contributed by atoms with Gasteiger partial charge >= 0.3 is 0 Å². The van der Waals surface area contributed by atoms with Crippen molar-refractivity contribution in [2.45, 2.75) is 18.8 Å². The predicted molar refractivity (Wildman–Crippen MR) is 65.0 cm³/mol. The molecular formula is C13H12N2O3. The lowest BCUT2D eigenvalue weighted by atomic mass is 10.3. The van der Waals surface area contributed by atoms with Crippen LogP contribution in [0, 0.1) is 0 Å². The van der Waals surface area contributed by atoms with E-state index in [1.807, 2.05) is 0 Å². The summed E-state index contributed by atoms with van der Waals surface area (Å²) in [5, 5.41) is 9.17. The van der Waals surface area contributed by atoms with Crippen molar-refractivity contribution in [3.05, 3.63) is 46.5 Å². The number of benzene rings is 1. The van der Waals surface area contributed by atoms with E-state index < -0.39 is 0 Å². The van der Waals surface area contributed by atoms with Crippen LogP contribution in [0.3, 0.4) is 0 Å². The maximum absolute atomic E-state index is 11.5. The van der Waals surface area contributed by atoms with E-state index in [1.54, 1.807) is 12.1 Å². The Labute approximate surface area is 103 Å². The molecular weight excluding hydrogens is 232 g/mol. The molecule has 18 heavy (non-hydrogen) atoms. The van der Waals surface area contributed by atoms with Crippen molar-refractivity contribution in [1.82, 2.24) is 9.97 Å². The highest BCUT2D eigenvalue weighted by atomic mass is 16.5. The summed E-state index contributed by atoms with van der Waals surface area (Å²) in [7, 11) is 0. The molecule has 2 aromatic rings. The number of rotatable bonds is 3. The average molecular weight is 244 g/mol. The van der Waals surface area contributed by atoms with Crippen molar-refractivity contribution in [3.8, 4) is 17.4 Å². The number of aromatic amines is 1. The number of nitrogens with zero attached hydrogens (tertiary/aromatic N) is 1. The van der Waals surface area contributed by atoms with Crippen molar-refractivity contribution in [2.75, 3.05) is 0 Å². The molecule has 3 rings (SSSR count). The van der Waals surface area contributed by atoms with Crippen LogP contribution in [0.15, 0.2) is 35.1 Å². The van der Waals surface area contributed by atoms with Crippen LogP contribution < -0.4 is 10.3 Å². The number of nitrogens with one attached hydrogen (secondary N) is 1. The first-order chi connectivity index (χ1) is 8.70. The monoisotopic (exact) mass is 244 g/mol. The van der Waals surface area contributed by atoms with Crippen LogP contribution >= 0.6 is 0 Å². The number of ether oxygens (including phenoxy) is 1. The maximum atomic E-state index is 11.5. The van der Waals surface area contributed by atoms with Gasteiger partial charge in [-0.1, -0.05) is 0 Å². The summed E-state index contributed by atoms with van der Waals surface area (Å²) < 4.78 is 5.49. The molecule has 0 saturated heterocycles. The van der Waals surface area contributed by atoms with Crippen LogP contribution in [-0.4, -0.2) is 15.1 Å². The Bertz CT molecular complexity index is 615. The van der Waals surface area contributed by atoms with E-state index in [2.05, 4.69) is 9.97 Å². The summed E-state index contributed by atoms with van der Waals surface area (Å²) in [4.78, 5) is 18.5. The summed E-state index contributed by atoms with van der Waals surface area (Å²) in [5.41, 5.74) is -0.208. The Hall–Kier alpha value is -2.30. The van der Waals surface area contributed by atoms with Crippen molar-refractivity contribution in [2.24, 2.45) is 0 Å². The second kappa shape index (κ2) is 4.18. The van der Waals surface area contributed by atoms with Gasteiger partial charge in [0, 0.05) is 5.92 Å². The molecule has 1 heterocycles. The molecule has 5 heteroatoms. The Balaban J connectivity index is 1.87. The van der Waals surface area contributed by atoms with Gasteiger partial charge in [-0.15, -0.1) is 0 Å².